The second-order valence-corrected chi connectivity index (χ2v) is 3.42. The molecule has 4 nitrogen and oxygen atoms in total. The van der Waals surface area contributed by atoms with Gasteiger partial charge in [0.05, 0.1) is 0 Å². The molecule has 1 atom stereocenters. The number of carbonyl (C=O) groups is 2. The fourth-order valence-corrected chi connectivity index (χ4v) is 1.37. The predicted molar refractivity (Wildman–Crippen MR) is 48.8 cm³/mol. The molecule has 1 unspecified atom stereocenters. The highest BCUT2D eigenvalue weighted by molar-refractivity contribution is 5.97. The Hall–Kier alpha value is -0.900. The van der Waals surface area contributed by atoms with Crippen LogP contribution < -0.4 is 5.73 Å². The van der Waals surface area contributed by atoms with Crippen LogP contribution in [0.2, 0.25) is 0 Å². The third-order valence-corrected chi connectivity index (χ3v) is 2.32. The van der Waals surface area contributed by atoms with Gasteiger partial charge in [-0.15, -0.1) is 0 Å². The van der Waals surface area contributed by atoms with Gasteiger partial charge in [0.15, 0.2) is 0 Å². The van der Waals surface area contributed by atoms with Gasteiger partial charge in [-0.05, 0) is 12.8 Å². The smallest absolute Gasteiger partial charge is 0.229 e. The molecule has 1 fully saturated rings. The molecule has 2 N–H and O–H groups in total. The van der Waals surface area contributed by atoms with E-state index in [0.717, 1.165) is 6.42 Å². The van der Waals surface area contributed by atoms with Crippen LogP contribution >= 0.6 is 0 Å². The van der Waals surface area contributed by atoms with E-state index < -0.39 is 0 Å². The summed E-state index contributed by atoms with van der Waals surface area (Å²) in [5.41, 5.74) is 5.68. The number of nitrogens with zero attached hydrogens (tertiary/aromatic N) is 1. The lowest BCUT2D eigenvalue weighted by molar-refractivity contribution is -0.148. The van der Waals surface area contributed by atoms with Gasteiger partial charge < -0.3 is 5.73 Å². The van der Waals surface area contributed by atoms with Crippen LogP contribution in [0.1, 0.15) is 32.6 Å². The Morgan fingerprint density at radius 1 is 1.38 bits per heavy atom. The lowest BCUT2D eigenvalue weighted by atomic mass is 10.1. The molecule has 0 aromatic carbocycles. The van der Waals surface area contributed by atoms with Crippen molar-refractivity contribution in [2.45, 2.75) is 38.6 Å². The van der Waals surface area contributed by atoms with E-state index in [9.17, 15) is 9.59 Å². The van der Waals surface area contributed by atoms with E-state index in [1.807, 2.05) is 6.92 Å². The Balaban J connectivity index is 2.54. The Morgan fingerprint density at radius 3 is 2.38 bits per heavy atom. The standard InChI is InChI=1S/C9H16N2O2/c1-2-7(10)6-11-8(12)4-3-5-9(11)13/h7H,2-6,10H2,1H3. The van der Waals surface area contributed by atoms with Crippen LogP contribution in [0.25, 0.3) is 0 Å². The van der Waals surface area contributed by atoms with Crippen molar-refractivity contribution in [2.75, 3.05) is 6.54 Å². The number of imide groups is 1. The summed E-state index contributed by atoms with van der Waals surface area (Å²) in [6.45, 7) is 2.33. The molecule has 0 aromatic heterocycles. The van der Waals surface area contributed by atoms with Crippen LogP contribution in [-0.4, -0.2) is 29.3 Å². The van der Waals surface area contributed by atoms with Gasteiger partial charge in [0.1, 0.15) is 0 Å². The summed E-state index contributed by atoms with van der Waals surface area (Å²) in [4.78, 5) is 23.9. The number of nitrogens with two attached hydrogens (primary N) is 1. The van der Waals surface area contributed by atoms with Crippen molar-refractivity contribution in [3.8, 4) is 0 Å². The molecule has 0 saturated carbocycles. The largest absolute Gasteiger partial charge is 0.326 e. The van der Waals surface area contributed by atoms with E-state index in [-0.39, 0.29) is 17.9 Å². The maximum atomic E-state index is 11.3. The van der Waals surface area contributed by atoms with Crippen LogP contribution in [0.15, 0.2) is 0 Å². The van der Waals surface area contributed by atoms with Gasteiger partial charge in [0.2, 0.25) is 11.8 Å². The number of likely N-dealkylation sites (tertiary alicyclic amines) is 1. The molecule has 74 valence electrons. The molecular weight excluding hydrogens is 168 g/mol. The van der Waals surface area contributed by atoms with Crippen LogP contribution in [0.4, 0.5) is 0 Å². The highest BCUT2D eigenvalue weighted by atomic mass is 16.2. The van der Waals surface area contributed by atoms with E-state index in [1.165, 1.54) is 4.90 Å². The molecule has 0 aromatic rings. The summed E-state index contributed by atoms with van der Waals surface area (Å²) < 4.78 is 0. The quantitative estimate of drug-likeness (QED) is 0.640. The highest BCUT2D eigenvalue weighted by Gasteiger charge is 2.26. The molecule has 1 rings (SSSR count). The normalized spacial score (nSPS) is 20.6. The molecule has 1 aliphatic heterocycles. The van der Waals surface area contributed by atoms with Gasteiger partial charge in [-0.25, -0.2) is 0 Å². The summed E-state index contributed by atoms with van der Waals surface area (Å²) in [6.07, 6.45) is 2.46. The molecule has 0 spiro atoms. The maximum absolute atomic E-state index is 11.3. The second-order valence-electron chi connectivity index (χ2n) is 3.42. The first-order valence-electron chi connectivity index (χ1n) is 4.74. The average molecular weight is 184 g/mol. The zero-order valence-corrected chi connectivity index (χ0v) is 7.95. The van der Waals surface area contributed by atoms with Crippen molar-refractivity contribution < 1.29 is 9.59 Å². The van der Waals surface area contributed by atoms with E-state index in [4.69, 9.17) is 5.73 Å². The highest BCUT2D eigenvalue weighted by Crippen LogP contribution is 2.12. The van der Waals surface area contributed by atoms with Crippen molar-refractivity contribution in [3.05, 3.63) is 0 Å². The summed E-state index contributed by atoms with van der Waals surface area (Å²) in [7, 11) is 0. The molecule has 1 saturated heterocycles. The molecule has 1 aliphatic rings. The van der Waals surface area contributed by atoms with E-state index >= 15 is 0 Å². The Morgan fingerprint density at radius 2 is 1.92 bits per heavy atom. The van der Waals surface area contributed by atoms with E-state index in [1.54, 1.807) is 0 Å². The van der Waals surface area contributed by atoms with Gasteiger partial charge in [-0.2, -0.15) is 0 Å². The first-order valence-corrected chi connectivity index (χ1v) is 4.74. The monoisotopic (exact) mass is 184 g/mol. The molecule has 4 heteroatoms. The Bertz CT molecular complexity index is 200. The zero-order valence-electron chi connectivity index (χ0n) is 7.95. The third-order valence-electron chi connectivity index (χ3n) is 2.32. The molecule has 0 bridgehead atoms. The molecule has 0 radical (unpaired) electrons. The number of rotatable bonds is 3. The summed E-state index contributed by atoms with van der Waals surface area (Å²) in [6, 6.07) is -0.0778. The van der Waals surface area contributed by atoms with Crippen molar-refractivity contribution in [1.29, 1.82) is 0 Å². The molecule has 0 aliphatic carbocycles. The molecule has 1 heterocycles. The fourth-order valence-electron chi connectivity index (χ4n) is 1.37. The van der Waals surface area contributed by atoms with Gasteiger partial charge >= 0.3 is 0 Å². The summed E-state index contributed by atoms with van der Waals surface area (Å²) in [5, 5.41) is 0. The van der Waals surface area contributed by atoms with Crippen LogP contribution in [0, 0.1) is 0 Å². The molecular formula is C9H16N2O2. The number of amides is 2. The SMILES string of the molecule is CCC(N)CN1C(=O)CCCC1=O. The number of carbonyl (C=O) groups excluding carboxylic acids is 2. The van der Waals surface area contributed by atoms with Crippen molar-refractivity contribution in [2.24, 2.45) is 5.73 Å². The number of hydrogen-bond donors (Lipinski definition) is 1. The fraction of sp³-hybridized carbons (Fsp3) is 0.778. The minimum Gasteiger partial charge on any atom is -0.326 e. The third kappa shape index (κ3) is 2.52. The van der Waals surface area contributed by atoms with Crippen molar-refractivity contribution >= 4 is 11.8 Å². The van der Waals surface area contributed by atoms with Gasteiger partial charge in [0, 0.05) is 25.4 Å². The van der Waals surface area contributed by atoms with Crippen LogP contribution in [-0.2, 0) is 9.59 Å². The topological polar surface area (TPSA) is 63.4 Å². The molecule has 13 heavy (non-hydrogen) atoms. The zero-order chi connectivity index (χ0) is 9.84. The minimum atomic E-state index is -0.0778. The lowest BCUT2D eigenvalue weighted by Crippen LogP contribution is -2.46. The minimum absolute atomic E-state index is 0.0693. The number of hydrogen-bond acceptors (Lipinski definition) is 3. The summed E-state index contributed by atoms with van der Waals surface area (Å²) >= 11 is 0. The average Bonchev–Trinajstić information content (AvgIpc) is 2.11. The Labute approximate surface area is 78.1 Å². The second kappa shape index (κ2) is 4.37. The van der Waals surface area contributed by atoms with Gasteiger partial charge in [-0.3, -0.25) is 14.5 Å². The summed E-state index contributed by atoms with van der Waals surface area (Å²) in [5.74, 6) is -0.139. The molecule has 2 amide bonds. The van der Waals surface area contributed by atoms with Crippen molar-refractivity contribution in [1.82, 2.24) is 4.90 Å². The van der Waals surface area contributed by atoms with Gasteiger partial charge in [-0.1, -0.05) is 6.92 Å². The van der Waals surface area contributed by atoms with Gasteiger partial charge in [0.25, 0.3) is 0 Å². The number of piperidine rings is 1. The first-order chi connectivity index (χ1) is 6.15. The maximum Gasteiger partial charge on any atom is 0.229 e. The lowest BCUT2D eigenvalue weighted by Gasteiger charge is -2.26. The first kappa shape index (κ1) is 10.2. The van der Waals surface area contributed by atoms with E-state index in [2.05, 4.69) is 0 Å². The Kier molecular flexibility index (Phi) is 3.42. The van der Waals surface area contributed by atoms with Crippen LogP contribution in [0.3, 0.4) is 0 Å². The van der Waals surface area contributed by atoms with E-state index in [0.29, 0.717) is 25.8 Å². The van der Waals surface area contributed by atoms with Crippen LogP contribution in [0.5, 0.6) is 0 Å². The van der Waals surface area contributed by atoms with Crippen molar-refractivity contribution in [3.63, 3.8) is 0 Å². The predicted octanol–water partition coefficient (Wildman–Crippen LogP) is 0.263.